The van der Waals surface area contributed by atoms with Crippen molar-refractivity contribution in [1.82, 2.24) is 0 Å². The van der Waals surface area contributed by atoms with Gasteiger partial charge in [-0.15, -0.1) is 0 Å². The van der Waals surface area contributed by atoms with Gasteiger partial charge < -0.3 is 14.2 Å². The van der Waals surface area contributed by atoms with Gasteiger partial charge in [0, 0.05) is 19.3 Å². The van der Waals surface area contributed by atoms with Crippen molar-refractivity contribution in [3.8, 4) is 0 Å². The summed E-state index contributed by atoms with van der Waals surface area (Å²) in [5, 5.41) is 0. The van der Waals surface area contributed by atoms with E-state index in [4.69, 9.17) is 14.2 Å². The molecule has 230 valence electrons. The van der Waals surface area contributed by atoms with E-state index in [9.17, 15) is 14.4 Å². The third-order valence-electron chi connectivity index (χ3n) is 7.11. The van der Waals surface area contributed by atoms with Gasteiger partial charge in [-0.1, -0.05) is 136 Å². The predicted octanol–water partition coefficient (Wildman–Crippen LogP) is 9.41. The maximum Gasteiger partial charge on any atom is 0.306 e. The fourth-order valence-electron chi connectivity index (χ4n) is 4.56. The highest BCUT2D eigenvalue weighted by atomic mass is 16.6. The first-order valence-corrected chi connectivity index (χ1v) is 16.5. The molecule has 1 atom stereocenters. The lowest BCUT2D eigenvalue weighted by atomic mass is 10.1. The third kappa shape index (κ3) is 27.8. The van der Waals surface area contributed by atoms with Gasteiger partial charge in [-0.2, -0.15) is 0 Å². The molecule has 39 heavy (non-hydrogen) atoms. The molecule has 6 nitrogen and oxygen atoms in total. The van der Waals surface area contributed by atoms with Gasteiger partial charge in [0.15, 0.2) is 6.10 Å². The van der Waals surface area contributed by atoms with E-state index >= 15 is 0 Å². The fourth-order valence-corrected chi connectivity index (χ4v) is 4.56. The van der Waals surface area contributed by atoms with Gasteiger partial charge in [0.2, 0.25) is 0 Å². The van der Waals surface area contributed by atoms with Crippen molar-refractivity contribution in [2.45, 2.75) is 181 Å². The summed E-state index contributed by atoms with van der Waals surface area (Å²) < 4.78 is 16.3. The summed E-state index contributed by atoms with van der Waals surface area (Å²) in [7, 11) is 0. The monoisotopic (exact) mass is 554 g/mol. The van der Waals surface area contributed by atoms with Crippen LogP contribution in [0.1, 0.15) is 175 Å². The first-order chi connectivity index (χ1) is 19.0. The topological polar surface area (TPSA) is 78.9 Å². The number of hydrogen-bond donors (Lipinski definition) is 0. The number of rotatable bonds is 29. The van der Waals surface area contributed by atoms with Gasteiger partial charge in [0.1, 0.15) is 13.2 Å². The summed E-state index contributed by atoms with van der Waals surface area (Å²) in [6.45, 7) is 6.46. The Morgan fingerprint density at radius 2 is 0.692 bits per heavy atom. The molecule has 0 saturated carbocycles. The summed E-state index contributed by atoms with van der Waals surface area (Å²) in [6, 6.07) is 0. The minimum atomic E-state index is -0.752. The van der Waals surface area contributed by atoms with Gasteiger partial charge in [0.25, 0.3) is 0 Å². The smallest absolute Gasteiger partial charge is 0.306 e. The molecule has 0 aromatic rings. The number of unbranched alkanes of at least 4 members (excludes halogenated alkanes) is 18. The minimum Gasteiger partial charge on any atom is -0.462 e. The Morgan fingerprint density at radius 1 is 0.410 bits per heavy atom. The molecule has 0 heterocycles. The van der Waals surface area contributed by atoms with Crippen molar-refractivity contribution in [2.75, 3.05) is 13.2 Å². The Labute approximate surface area is 240 Å². The quantitative estimate of drug-likeness (QED) is 0.0520. The van der Waals surface area contributed by atoms with E-state index in [0.29, 0.717) is 19.3 Å². The molecule has 0 rings (SSSR count). The second kappa shape index (κ2) is 29.4. The second-order valence-corrected chi connectivity index (χ2v) is 11.1. The van der Waals surface area contributed by atoms with Gasteiger partial charge >= 0.3 is 17.9 Å². The molecule has 0 fully saturated rings. The van der Waals surface area contributed by atoms with Crippen LogP contribution >= 0.6 is 0 Å². The molecule has 0 aliphatic rings. The highest BCUT2D eigenvalue weighted by Gasteiger charge is 2.19. The Bertz CT molecular complexity index is 577. The molecule has 1 unspecified atom stereocenters. The van der Waals surface area contributed by atoms with Crippen LogP contribution in [-0.2, 0) is 28.6 Å². The van der Waals surface area contributed by atoms with Crippen LogP contribution in [0.4, 0.5) is 0 Å². The van der Waals surface area contributed by atoms with Crippen molar-refractivity contribution >= 4 is 17.9 Å². The molecule has 0 aromatic heterocycles. The van der Waals surface area contributed by atoms with Crippen LogP contribution in [0, 0.1) is 0 Å². The summed E-state index contributed by atoms with van der Waals surface area (Å²) in [5.74, 6) is -0.894. The summed E-state index contributed by atoms with van der Waals surface area (Å²) in [4.78, 5) is 36.8. The van der Waals surface area contributed by atoms with Crippen molar-refractivity contribution in [2.24, 2.45) is 0 Å². The van der Waals surface area contributed by atoms with Crippen molar-refractivity contribution in [1.29, 1.82) is 0 Å². The van der Waals surface area contributed by atoms with Crippen LogP contribution in [0.5, 0.6) is 0 Å². The van der Waals surface area contributed by atoms with E-state index in [1.165, 1.54) is 70.6 Å². The number of hydrogen-bond acceptors (Lipinski definition) is 6. The van der Waals surface area contributed by atoms with E-state index in [1.54, 1.807) is 0 Å². The maximum absolute atomic E-state index is 12.4. The zero-order chi connectivity index (χ0) is 28.8. The van der Waals surface area contributed by atoms with Crippen LogP contribution in [0.3, 0.4) is 0 Å². The number of carbonyl (C=O) groups excluding carboxylic acids is 3. The molecule has 0 bridgehead atoms. The number of esters is 3. The van der Waals surface area contributed by atoms with E-state index in [1.807, 2.05) is 0 Å². The summed E-state index contributed by atoms with van der Waals surface area (Å²) >= 11 is 0. The Hall–Kier alpha value is -1.59. The van der Waals surface area contributed by atoms with Gasteiger partial charge in [-0.25, -0.2) is 0 Å². The van der Waals surface area contributed by atoms with Gasteiger partial charge in [-0.3, -0.25) is 14.4 Å². The lowest BCUT2D eigenvalue weighted by Crippen LogP contribution is -2.30. The van der Waals surface area contributed by atoms with Crippen LogP contribution < -0.4 is 0 Å². The lowest BCUT2D eigenvalue weighted by molar-refractivity contribution is -0.167. The number of carbonyl (C=O) groups is 3. The number of ether oxygens (including phenoxy) is 3. The molecule has 0 N–H and O–H groups in total. The maximum atomic E-state index is 12.4. The average Bonchev–Trinajstić information content (AvgIpc) is 2.93. The highest BCUT2D eigenvalue weighted by Crippen LogP contribution is 2.13. The molecule has 0 aliphatic heterocycles. The fraction of sp³-hybridized carbons (Fsp3) is 0.909. The molecule has 0 radical (unpaired) electrons. The van der Waals surface area contributed by atoms with Crippen molar-refractivity contribution in [3.05, 3.63) is 0 Å². The first-order valence-electron chi connectivity index (χ1n) is 16.5. The zero-order valence-electron chi connectivity index (χ0n) is 25.9. The van der Waals surface area contributed by atoms with E-state index in [-0.39, 0.29) is 31.1 Å². The van der Waals surface area contributed by atoms with Crippen molar-refractivity contribution < 1.29 is 28.6 Å². The van der Waals surface area contributed by atoms with Crippen LogP contribution in [0.2, 0.25) is 0 Å². The van der Waals surface area contributed by atoms with Gasteiger partial charge in [0.05, 0.1) is 0 Å². The van der Waals surface area contributed by atoms with E-state index < -0.39 is 6.10 Å². The molecule has 6 heteroatoms. The molecule has 0 amide bonds. The third-order valence-corrected chi connectivity index (χ3v) is 7.11. The SMILES string of the molecule is CCCCCCCCCCC(=O)OCC(COC(=O)CCCCCCC)OC(=O)CCCCCCCCCC. The molecular formula is C33H62O6. The normalized spacial score (nSPS) is 11.8. The minimum absolute atomic E-state index is 0.0667. The zero-order valence-corrected chi connectivity index (χ0v) is 25.9. The standard InChI is InChI=1S/C33H62O6/c1-4-7-10-13-15-17-20-23-26-32(35)38-29-30(28-37-31(34)25-22-19-12-9-6-3)39-33(36)27-24-21-18-16-14-11-8-5-2/h30H,4-29H2,1-3H3. The van der Waals surface area contributed by atoms with Crippen molar-refractivity contribution in [3.63, 3.8) is 0 Å². The Balaban J connectivity index is 4.34. The molecule has 0 aliphatic carbocycles. The first kappa shape index (κ1) is 37.4. The van der Waals surface area contributed by atoms with Crippen LogP contribution in [0.25, 0.3) is 0 Å². The Kier molecular flexibility index (Phi) is 28.2. The largest absolute Gasteiger partial charge is 0.462 e. The Morgan fingerprint density at radius 3 is 1.03 bits per heavy atom. The van der Waals surface area contributed by atoms with Crippen LogP contribution in [-0.4, -0.2) is 37.2 Å². The lowest BCUT2D eigenvalue weighted by Gasteiger charge is -2.18. The molecule has 0 aromatic carbocycles. The summed E-state index contributed by atoms with van der Waals surface area (Å²) in [5.41, 5.74) is 0. The second-order valence-electron chi connectivity index (χ2n) is 11.1. The summed E-state index contributed by atoms with van der Waals surface area (Å²) in [6.07, 6.45) is 24.1. The highest BCUT2D eigenvalue weighted by molar-refractivity contribution is 5.71. The molecule has 0 spiro atoms. The predicted molar refractivity (Wildman–Crippen MR) is 160 cm³/mol. The average molecular weight is 555 g/mol. The van der Waals surface area contributed by atoms with E-state index in [0.717, 1.165) is 64.2 Å². The van der Waals surface area contributed by atoms with Crippen LogP contribution in [0.15, 0.2) is 0 Å². The van der Waals surface area contributed by atoms with Gasteiger partial charge in [-0.05, 0) is 19.3 Å². The molecular weight excluding hydrogens is 492 g/mol. The van der Waals surface area contributed by atoms with E-state index in [2.05, 4.69) is 20.8 Å². The molecule has 0 saturated heterocycles.